The van der Waals surface area contributed by atoms with Crippen molar-refractivity contribution in [3.8, 4) is 0 Å². The largest absolute Gasteiger partial charge is 0.391 e. The molecule has 1 unspecified atom stereocenters. The summed E-state index contributed by atoms with van der Waals surface area (Å²) in [5, 5.41) is 15.1. The molecule has 0 aromatic rings. The summed E-state index contributed by atoms with van der Waals surface area (Å²) in [7, 11) is 0. The fourth-order valence-electron chi connectivity index (χ4n) is 3.33. The molecule has 0 spiro atoms. The molecule has 8 nitrogen and oxygen atoms in total. The molecule has 176 valence electrons. The van der Waals surface area contributed by atoms with Gasteiger partial charge in [-0.3, -0.25) is 14.4 Å². The van der Waals surface area contributed by atoms with Crippen LogP contribution < -0.4 is 22.1 Å². The molecule has 0 aromatic heterocycles. The molecule has 2 amide bonds. The van der Waals surface area contributed by atoms with Crippen molar-refractivity contribution in [2.45, 2.75) is 97.2 Å². The van der Waals surface area contributed by atoms with Crippen molar-refractivity contribution in [3.63, 3.8) is 0 Å². The van der Waals surface area contributed by atoms with Gasteiger partial charge in [0.05, 0.1) is 12.1 Å². The topological polar surface area (TPSA) is 148 Å². The van der Waals surface area contributed by atoms with E-state index in [9.17, 15) is 19.5 Å². The van der Waals surface area contributed by atoms with E-state index in [0.29, 0.717) is 6.54 Å². The molecule has 0 heterocycles. The summed E-state index contributed by atoms with van der Waals surface area (Å²) in [5.41, 5.74) is 11.4. The van der Waals surface area contributed by atoms with Crippen LogP contribution in [0, 0.1) is 11.8 Å². The number of rotatable bonds is 17. The molecule has 0 aromatic carbocycles. The van der Waals surface area contributed by atoms with Gasteiger partial charge in [-0.25, -0.2) is 0 Å². The molecule has 0 bridgehead atoms. The maximum atomic E-state index is 12.6. The third-order valence-corrected chi connectivity index (χ3v) is 5.32. The van der Waals surface area contributed by atoms with Crippen LogP contribution in [-0.2, 0) is 14.4 Å². The fourth-order valence-corrected chi connectivity index (χ4v) is 3.33. The van der Waals surface area contributed by atoms with Crippen molar-refractivity contribution in [1.82, 2.24) is 10.6 Å². The van der Waals surface area contributed by atoms with Crippen molar-refractivity contribution >= 4 is 17.6 Å². The summed E-state index contributed by atoms with van der Waals surface area (Å²) in [6.45, 7) is 7.40. The number of ketones is 1. The number of hydrogen-bond acceptors (Lipinski definition) is 6. The van der Waals surface area contributed by atoms with Crippen LogP contribution in [-0.4, -0.2) is 54.0 Å². The van der Waals surface area contributed by atoms with Gasteiger partial charge >= 0.3 is 0 Å². The first kappa shape index (κ1) is 28.5. The number of amides is 2. The smallest absolute Gasteiger partial charge is 0.245 e. The van der Waals surface area contributed by atoms with Gasteiger partial charge in [0.25, 0.3) is 0 Å². The summed E-state index contributed by atoms with van der Waals surface area (Å²) >= 11 is 0. The van der Waals surface area contributed by atoms with Crippen LogP contribution in [0.3, 0.4) is 0 Å². The average molecular weight is 429 g/mol. The van der Waals surface area contributed by atoms with Crippen LogP contribution in [0.2, 0.25) is 0 Å². The van der Waals surface area contributed by atoms with E-state index < -0.39 is 24.1 Å². The van der Waals surface area contributed by atoms with E-state index in [0.717, 1.165) is 19.3 Å². The van der Waals surface area contributed by atoms with Crippen LogP contribution in [0.4, 0.5) is 0 Å². The first-order chi connectivity index (χ1) is 14.2. The van der Waals surface area contributed by atoms with Crippen molar-refractivity contribution in [2.24, 2.45) is 23.3 Å². The lowest BCUT2D eigenvalue weighted by Crippen LogP contribution is -2.57. The molecule has 8 heteroatoms. The van der Waals surface area contributed by atoms with Gasteiger partial charge in [-0.05, 0) is 25.8 Å². The molecule has 0 aliphatic rings. The third-order valence-electron chi connectivity index (χ3n) is 5.32. The predicted molar refractivity (Wildman–Crippen MR) is 120 cm³/mol. The number of nitrogens with two attached hydrogens (primary N) is 2. The van der Waals surface area contributed by atoms with Crippen molar-refractivity contribution in [2.75, 3.05) is 13.1 Å². The lowest BCUT2D eigenvalue weighted by Gasteiger charge is -2.25. The third kappa shape index (κ3) is 11.6. The molecule has 30 heavy (non-hydrogen) atoms. The Morgan fingerprint density at radius 1 is 0.900 bits per heavy atom. The highest BCUT2D eigenvalue weighted by Gasteiger charge is 2.30. The van der Waals surface area contributed by atoms with Gasteiger partial charge in [-0.2, -0.15) is 0 Å². The highest BCUT2D eigenvalue weighted by Crippen LogP contribution is 2.15. The molecular weight excluding hydrogens is 384 g/mol. The Hall–Kier alpha value is -1.51. The summed E-state index contributed by atoms with van der Waals surface area (Å²) < 4.78 is 0. The standard InChI is InChI=1S/C22H44N4O4/c1-5-6-7-8-9-10-11-17(13-23)12-19(28)26-20(16(4)27)22(30)25-18(14-24)21(29)15(2)3/h15-18,20,27H,5-14,23-24H2,1-4H3,(H,25,30)(H,26,28)/t16-,17?,18-,20-/m0/s1. The molecular formula is C22H44N4O4. The second kappa shape index (κ2) is 16.2. The van der Waals surface area contributed by atoms with Gasteiger partial charge in [0.15, 0.2) is 5.78 Å². The summed E-state index contributed by atoms with van der Waals surface area (Å²) in [6, 6.07) is -2.00. The van der Waals surface area contributed by atoms with Crippen LogP contribution in [0.1, 0.15) is 79.1 Å². The SMILES string of the molecule is CCCCCCCCC(CN)CC(=O)N[C@H](C(=O)N[C@@H](CN)C(=O)C(C)C)[C@H](C)O. The van der Waals surface area contributed by atoms with Gasteiger partial charge in [0.1, 0.15) is 6.04 Å². The monoisotopic (exact) mass is 428 g/mol. The lowest BCUT2D eigenvalue weighted by molar-refractivity contribution is -0.134. The van der Waals surface area contributed by atoms with Crippen molar-refractivity contribution in [3.05, 3.63) is 0 Å². The van der Waals surface area contributed by atoms with Gasteiger partial charge in [-0.15, -0.1) is 0 Å². The molecule has 0 saturated heterocycles. The van der Waals surface area contributed by atoms with Crippen molar-refractivity contribution < 1.29 is 19.5 Å². The second-order valence-electron chi connectivity index (χ2n) is 8.50. The minimum absolute atomic E-state index is 0.0354. The van der Waals surface area contributed by atoms with E-state index in [4.69, 9.17) is 11.5 Å². The maximum Gasteiger partial charge on any atom is 0.245 e. The number of carbonyl (C=O) groups excluding carboxylic acids is 3. The van der Waals surface area contributed by atoms with Gasteiger partial charge in [-0.1, -0.05) is 59.3 Å². The van der Waals surface area contributed by atoms with E-state index >= 15 is 0 Å². The van der Waals surface area contributed by atoms with Crippen LogP contribution in [0.15, 0.2) is 0 Å². The second-order valence-corrected chi connectivity index (χ2v) is 8.50. The normalized spacial score (nSPS) is 15.3. The fraction of sp³-hybridized carbons (Fsp3) is 0.864. The number of nitrogens with one attached hydrogen (secondary N) is 2. The first-order valence-electron chi connectivity index (χ1n) is 11.4. The molecule has 0 aliphatic heterocycles. The van der Waals surface area contributed by atoms with E-state index in [1.54, 1.807) is 13.8 Å². The minimum atomic E-state index is -1.15. The molecule has 0 fully saturated rings. The number of carbonyl (C=O) groups is 3. The predicted octanol–water partition coefficient (Wildman–Crippen LogP) is 1.24. The first-order valence-corrected chi connectivity index (χ1v) is 11.4. The zero-order valence-corrected chi connectivity index (χ0v) is 19.3. The summed E-state index contributed by atoms with van der Waals surface area (Å²) in [5.74, 6) is -1.40. The molecule has 0 aliphatic carbocycles. The van der Waals surface area contributed by atoms with Crippen LogP contribution in [0.25, 0.3) is 0 Å². The minimum Gasteiger partial charge on any atom is -0.391 e. The number of unbranched alkanes of at least 4 members (excludes halogenated alkanes) is 5. The molecule has 0 saturated carbocycles. The van der Waals surface area contributed by atoms with E-state index in [1.807, 2.05) is 0 Å². The van der Waals surface area contributed by atoms with Gasteiger partial charge < -0.3 is 27.2 Å². The van der Waals surface area contributed by atoms with Crippen LogP contribution >= 0.6 is 0 Å². The van der Waals surface area contributed by atoms with E-state index in [2.05, 4.69) is 17.6 Å². The number of aliphatic hydroxyl groups excluding tert-OH is 1. The highest BCUT2D eigenvalue weighted by atomic mass is 16.3. The summed E-state index contributed by atoms with van der Waals surface area (Å²) in [6.07, 6.45) is 6.98. The average Bonchev–Trinajstić information content (AvgIpc) is 2.70. The molecule has 7 N–H and O–H groups in total. The Balaban J connectivity index is 4.67. The van der Waals surface area contributed by atoms with E-state index in [-0.39, 0.29) is 36.5 Å². The van der Waals surface area contributed by atoms with Gasteiger partial charge in [0.2, 0.25) is 11.8 Å². The molecule has 4 atom stereocenters. The maximum absolute atomic E-state index is 12.6. The Bertz CT molecular complexity index is 511. The summed E-state index contributed by atoms with van der Waals surface area (Å²) in [4.78, 5) is 37.1. The Morgan fingerprint density at radius 2 is 1.50 bits per heavy atom. The molecule has 0 rings (SSSR count). The van der Waals surface area contributed by atoms with Crippen LogP contribution in [0.5, 0.6) is 0 Å². The van der Waals surface area contributed by atoms with Crippen molar-refractivity contribution in [1.29, 1.82) is 0 Å². The number of Topliss-reactive ketones (excluding diaryl/α,β-unsaturated/α-hetero) is 1. The zero-order chi connectivity index (χ0) is 23.1. The van der Waals surface area contributed by atoms with Gasteiger partial charge in [0, 0.05) is 18.9 Å². The molecule has 0 radical (unpaired) electrons. The quantitative estimate of drug-likeness (QED) is 0.220. The highest BCUT2D eigenvalue weighted by molar-refractivity contribution is 5.93. The Labute approximate surface area is 181 Å². The number of hydrogen-bond donors (Lipinski definition) is 5. The van der Waals surface area contributed by atoms with E-state index in [1.165, 1.54) is 32.6 Å². The number of aliphatic hydroxyl groups is 1. The lowest BCUT2D eigenvalue weighted by atomic mass is 9.96. The zero-order valence-electron chi connectivity index (χ0n) is 19.3. The Kier molecular flexibility index (Phi) is 15.4. The Morgan fingerprint density at radius 3 is 2.00 bits per heavy atom.